The molecular weight excluding hydrogens is 346 g/mol. The zero-order valence-corrected chi connectivity index (χ0v) is 15.5. The Labute approximate surface area is 150 Å². The van der Waals surface area contributed by atoms with E-state index in [1.54, 1.807) is 45.0 Å². The molecule has 0 atom stereocenters. The Kier molecular flexibility index (Phi) is 5.37. The van der Waals surface area contributed by atoms with Gasteiger partial charge in [-0.3, -0.25) is 0 Å². The van der Waals surface area contributed by atoms with E-state index in [0.29, 0.717) is 11.3 Å². The van der Waals surface area contributed by atoms with Crippen LogP contribution >= 0.6 is 11.6 Å². The molecule has 25 heavy (non-hydrogen) atoms. The zero-order valence-electron chi connectivity index (χ0n) is 14.7. The number of para-hydroxylation sites is 1. The van der Waals surface area contributed by atoms with Crippen molar-refractivity contribution in [3.05, 3.63) is 45.3 Å². The topological polar surface area (TPSA) is 75.4 Å². The highest BCUT2D eigenvalue weighted by atomic mass is 35.5. The van der Waals surface area contributed by atoms with Crippen molar-refractivity contribution < 1.29 is 14.3 Å². The SMILES string of the molecule is COc1nn(C)c(=O)n1-c1ccccc1/C=C(\Cl)C(=O)OC(C)(C)C. The van der Waals surface area contributed by atoms with E-state index in [9.17, 15) is 9.59 Å². The fourth-order valence-electron chi connectivity index (χ4n) is 2.12. The van der Waals surface area contributed by atoms with Gasteiger partial charge < -0.3 is 9.47 Å². The van der Waals surface area contributed by atoms with E-state index < -0.39 is 11.6 Å². The highest BCUT2D eigenvalue weighted by Gasteiger charge is 2.20. The van der Waals surface area contributed by atoms with E-state index in [1.807, 2.05) is 0 Å². The molecular formula is C17H20ClN3O4. The number of nitrogens with zero attached hydrogens (tertiary/aromatic N) is 3. The third-order valence-corrected chi connectivity index (χ3v) is 3.39. The van der Waals surface area contributed by atoms with Crippen LogP contribution in [-0.4, -0.2) is 33.0 Å². The van der Waals surface area contributed by atoms with Crippen LogP contribution < -0.4 is 10.4 Å². The van der Waals surface area contributed by atoms with Gasteiger partial charge in [0.2, 0.25) is 0 Å². The number of carbonyl (C=O) groups is 1. The Bertz CT molecular complexity index is 875. The number of aromatic nitrogens is 3. The van der Waals surface area contributed by atoms with E-state index in [2.05, 4.69) is 5.10 Å². The highest BCUT2D eigenvalue weighted by molar-refractivity contribution is 6.43. The van der Waals surface area contributed by atoms with Gasteiger partial charge in [-0.2, -0.15) is 0 Å². The Balaban J connectivity index is 2.52. The van der Waals surface area contributed by atoms with Crippen LogP contribution in [0, 0.1) is 0 Å². The molecule has 8 heteroatoms. The maximum atomic E-state index is 12.3. The number of aryl methyl sites for hydroxylation is 1. The number of esters is 1. The van der Waals surface area contributed by atoms with Crippen molar-refractivity contribution in [2.24, 2.45) is 7.05 Å². The number of rotatable bonds is 4. The van der Waals surface area contributed by atoms with Gasteiger partial charge in [0, 0.05) is 12.6 Å². The summed E-state index contributed by atoms with van der Waals surface area (Å²) in [7, 11) is 2.94. The predicted molar refractivity (Wildman–Crippen MR) is 95.0 cm³/mol. The molecule has 1 heterocycles. The molecule has 2 rings (SSSR count). The molecule has 0 aliphatic heterocycles. The highest BCUT2D eigenvalue weighted by Crippen LogP contribution is 2.22. The molecule has 1 aromatic carbocycles. The molecule has 7 nitrogen and oxygen atoms in total. The lowest BCUT2D eigenvalue weighted by Gasteiger charge is -2.19. The van der Waals surface area contributed by atoms with Crippen LogP contribution in [0.2, 0.25) is 0 Å². The second-order valence-electron chi connectivity index (χ2n) is 6.28. The van der Waals surface area contributed by atoms with Gasteiger partial charge in [0.15, 0.2) is 0 Å². The van der Waals surface area contributed by atoms with Crippen molar-refractivity contribution in [1.82, 2.24) is 14.3 Å². The summed E-state index contributed by atoms with van der Waals surface area (Å²) in [4.78, 5) is 24.4. The lowest BCUT2D eigenvalue weighted by Crippen LogP contribution is -2.24. The van der Waals surface area contributed by atoms with Crippen LogP contribution in [0.25, 0.3) is 11.8 Å². The van der Waals surface area contributed by atoms with Gasteiger partial charge in [0.05, 0.1) is 12.8 Å². The standard InChI is InChI=1S/C17H20ClN3O4/c1-17(2,3)25-14(22)12(18)10-11-8-6-7-9-13(11)21-15(24-5)19-20(4)16(21)23/h6-10H,1-5H3/b12-10-. The molecule has 0 unspecified atom stereocenters. The average Bonchev–Trinajstić information content (AvgIpc) is 2.81. The van der Waals surface area contributed by atoms with Crippen molar-refractivity contribution in [3.63, 3.8) is 0 Å². The van der Waals surface area contributed by atoms with Crippen LogP contribution in [0.4, 0.5) is 0 Å². The molecule has 0 N–H and O–H groups in total. The summed E-state index contributed by atoms with van der Waals surface area (Å²) >= 11 is 6.10. The van der Waals surface area contributed by atoms with E-state index in [4.69, 9.17) is 21.1 Å². The molecule has 0 aliphatic carbocycles. The van der Waals surface area contributed by atoms with Crippen LogP contribution in [0.1, 0.15) is 26.3 Å². The van der Waals surface area contributed by atoms with Crippen LogP contribution in [0.5, 0.6) is 6.01 Å². The largest absolute Gasteiger partial charge is 0.467 e. The Morgan fingerprint density at radius 3 is 2.52 bits per heavy atom. The first-order valence-electron chi connectivity index (χ1n) is 7.54. The molecule has 2 aromatic rings. The first-order valence-corrected chi connectivity index (χ1v) is 7.92. The Morgan fingerprint density at radius 1 is 1.28 bits per heavy atom. The van der Waals surface area contributed by atoms with Gasteiger partial charge in [-0.1, -0.05) is 29.8 Å². The number of hydrogen-bond acceptors (Lipinski definition) is 5. The van der Waals surface area contributed by atoms with Crippen molar-refractivity contribution in [1.29, 1.82) is 0 Å². The number of carbonyl (C=O) groups excluding carboxylic acids is 1. The second kappa shape index (κ2) is 7.14. The maximum absolute atomic E-state index is 12.3. The number of benzene rings is 1. The van der Waals surface area contributed by atoms with E-state index in [0.717, 1.165) is 4.68 Å². The summed E-state index contributed by atoms with van der Waals surface area (Å²) in [6.07, 6.45) is 1.45. The molecule has 0 spiro atoms. The molecule has 1 aromatic heterocycles. The third-order valence-electron chi connectivity index (χ3n) is 3.13. The van der Waals surface area contributed by atoms with Crippen molar-refractivity contribution >= 4 is 23.6 Å². The van der Waals surface area contributed by atoms with Gasteiger partial charge >= 0.3 is 17.7 Å². The average molecular weight is 366 g/mol. The van der Waals surface area contributed by atoms with Gasteiger partial charge in [-0.25, -0.2) is 18.8 Å². The van der Waals surface area contributed by atoms with Crippen LogP contribution in [0.15, 0.2) is 34.1 Å². The summed E-state index contributed by atoms with van der Waals surface area (Å²) in [6.45, 7) is 5.26. The third kappa shape index (κ3) is 4.30. The molecule has 0 saturated heterocycles. The van der Waals surface area contributed by atoms with Gasteiger partial charge in [-0.05, 0) is 32.9 Å². The number of ether oxygens (including phenoxy) is 2. The molecule has 0 aliphatic rings. The number of halogens is 1. The molecule has 0 radical (unpaired) electrons. The summed E-state index contributed by atoms with van der Waals surface area (Å²) < 4.78 is 12.9. The Hall–Kier alpha value is -2.54. The van der Waals surface area contributed by atoms with Crippen LogP contribution in [-0.2, 0) is 16.6 Å². The first kappa shape index (κ1) is 18.8. The molecule has 0 amide bonds. The van der Waals surface area contributed by atoms with Crippen molar-refractivity contribution in [2.45, 2.75) is 26.4 Å². The summed E-state index contributed by atoms with van der Waals surface area (Å²) in [6, 6.07) is 7.08. The predicted octanol–water partition coefficient (Wildman–Crippen LogP) is 2.50. The fourth-order valence-corrected chi connectivity index (χ4v) is 2.27. The lowest BCUT2D eigenvalue weighted by molar-refractivity contribution is -0.148. The first-order chi connectivity index (χ1) is 11.6. The lowest BCUT2D eigenvalue weighted by atomic mass is 10.1. The van der Waals surface area contributed by atoms with Crippen molar-refractivity contribution in [2.75, 3.05) is 7.11 Å². The van der Waals surface area contributed by atoms with Crippen molar-refractivity contribution in [3.8, 4) is 11.7 Å². The maximum Gasteiger partial charge on any atom is 0.353 e. The van der Waals surface area contributed by atoms with Gasteiger partial charge in [-0.15, -0.1) is 5.10 Å². The fraction of sp³-hybridized carbons (Fsp3) is 0.353. The molecule has 0 saturated carbocycles. The Morgan fingerprint density at radius 2 is 1.92 bits per heavy atom. The van der Waals surface area contributed by atoms with Gasteiger partial charge in [0.1, 0.15) is 10.6 Å². The quantitative estimate of drug-likeness (QED) is 0.614. The minimum Gasteiger partial charge on any atom is -0.467 e. The van der Waals surface area contributed by atoms with Crippen LogP contribution in [0.3, 0.4) is 0 Å². The summed E-state index contributed by atoms with van der Waals surface area (Å²) in [5.41, 5.74) is -0.00863. The van der Waals surface area contributed by atoms with E-state index >= 15 is 0 Å². The molecule has 0 fully saturated rings. The second-order valence-corrected chi connectivity index (χ2v) is 6.69. The van der Waals surface area contributed by atoms with E-state index in [1.165, 1.54) is 24.8 Å². The zero-order chi connectivity index (χ0) is 18.8. The number of methoxy groups -OCH3 is 1. The summed E-state index contributed by atoms with van der Waals surface area (Å²) in [5, 5.41) is 3.91. The minimum atomic E-state index is -0.659. The smallest absolute Gasteiger partial charge is 0.353 e. The van der Waals surface area contributed by atoms with Gasteiger partial charge in [0.25, 0.3) is 0 Å². The molecule has 0 bridgehead atoms. The minimum absolute atomic E-state index is 0.0988. The molecule has 134 valence electrons. The number of hydrogen-bond donors (Lipinski definition) is 0. The summed E-state index contributed by atoms with van der Waals surface area (Å²) in [5.74, 6) is -0.644. The monoisotopic (exact) mass is 365 g/mol. The van der Waals surface area contributed by atoms with E-state index in [-0.39, 0.29) is 16.7 Å². The normalized spacial score (nSPS) is 12.2.